The Morgan fingerprint density at radius 2 is 2.00 bits per heavy atom. The third-order valence-electron chi connectivity index (χ3n) is 2.54. The summed E-state index contributed by atoms with van der Waals surface area (Å²) < 4.78 is 9.91. The highest BCUT2D eigenvalue weighted by Crippen LogP contribution is 2.02. The van der Waals surface area contributed by atoms with Crippen LogP contribution in [-0.4, -0.2) is 29.7 Å². The topological polar surface area (TPSA) is 90.6 Å². The van der Waals surface area contributed by atoms with Gasteiger partial charge in [-0.1, -0.05) is 55.2 Å². The molecule has 1 aromatic carbocycles. The number of amides is 1. The minimum Gasteiger partial charge on any atom is -0.460 e. The fraction of sp³-hybridized carbons (Fsp3) is 0.267. The number of ether oxygens (including phenoxy) is 2. The van der Waals surface area contributed by atoms with Crippen LogP contribution in [0.2, 0.25) is 0 Å². The van der Waals surface area contributed by atoms with E-state index >= 15 is 0 Å². The number of alkyl carbamates (subject to hydrolysis) is 1. The Labute approximate surface area is 134 Å². The first-order valence-corrected chi connectivity index (χ1v) is 6.96. The maximum absolute atomic E-state index is 11.8. The van der Waals surface area contributed by atoms with Crippen LogP contribution in [0.15, 0.2) is 43.0 Å². The van der Waals surface area contributed by atoms with Crippen LogP contribution in [0, 0.1) is 0 Å². The summed E-state index contributed by atoms with van der Waals surface area (Å²) in [7, 11) is 0. The van der Waals surface area contributed by atoms with Gasteiger partial charge in [-0.05, 0) is 5.56 Å². The highest BCUT2D eigenvalue weighted by atomic mass is 32.1. The van der Waals surface area contributed by atoms with E-state index in [9.17, 15) is 9.59 Å². The van der Waals surface area contributed by atoms with Gasteiger partial charge < -0.3 is 20.5 Å². The molecule has 0 saturated carbocycles. The van der Waals surface area contributed by atoms with Crippen molar-refractivity contribution in [2.75, 3.05) is 6.61 Å². The van der Waals surface area contributed by atoms with Crippen molar-refractivity contribution in [3.05, 3.63) is 48.6 Å². The summed E-state index contributed by atoms with van der Waals surface area (Å²) in [5.41, 5.74) is 6.24. The van der Waals surface area contributed by atoms with Gasteiger partial charge in [-0.3, -0.25) is 0 Å². The van der Waals surface area contributed by atoms with E-state index in [1.165, 1.54) is 6.08 Å². The zero-order valence-electron chi connectivity index (χ0n) is 12.0. The van der Waals surface area contributed by atoms with Gasteiger partial charge in [0.15, 0.2) is 0 Å². The number of carbonyl (C=O) groups is 2. The van der Waals surface area contributed by atoms with Crippen LogP contribution in [0.1, 0.15) is 12.0 Å². The van der Waals surface area contributed by atoms with E-state index in [0.717, 1.165) is 5.56 Å². The molecule has 0 saturated heterocycles. The Kier molecular flexibility index (Phi) is 7.63. The molecule has 22 heavy (non-hydrogen) atoms. The van der Waals surface area contributed by atoms with E-state index in [4.69, 9.17) is 27.4 Å². The summed E-state index contributed by atoms with van der Waals surface area (Å²) in [4.78, 5) is 23.6. The smallest absolute Gasteiger partial charge is 0.408 e. The Balaban J connectivity index is 2.52. The summed E-state index contributed by atoms with van der Waals surface area (Å²) in [5.74, 6) is -0.649. The molecule has 1 aromatic rings. The van der Waals surface area contributed by atoms with Gasteiger partial charge in [-0.2, -0.15) is 0 Å². The zero-order valence-corrected chi connectivity index (χ0v) is 12.8. The molecule has 0 unspecified atom stereocenters. The molecule has 1 atom stereocenters. The number of hydrogen-bond donors (Lipinski definition) is 2. The second-order valence-electron chi connectivity index (χ2n) is 4.35. The maximum atomic E-state index is 11.8. The van der Waals surface area contributed by atoms with Crippen molar-refractivity contribution in [3.63, 3.8) is 0 Å². The minimum atomic E-state index is -0.985. The van der Waals surface area contributed by atoms with E-state index in [-0.39, 0.29) is 24.6 Å². The van der Waals surface area contributed by atoms with Gasteiger partial charge in [0.25, 0.3) is 0 Å². The van der Waals surface area contributed by atoms with E-state index in [2.05, 4.69) is 11.9 Å². The fourth-order valence-corrected chi connectivity index (χ4v) is 1.71. The lowest BCUT2D eigenvalue weighted by Gasteiger charge is -2.16. The molecule has 0 aliphatic rings. The number of hydrogen-bond acceptors (Lipinski definition) is 5. The molecular formula is C15H18N2O4S. The van der Waals surface area contributed by atoms with Crippen molar-refractivity contribution in [2.24, 2.45) is 5.73 Å². The normalized spacial score (nSPS) is 11.1. The Hall–Kier alpha value is -2.41. The van der Waals surface area contributed by atoms with E-state index in [0.29, 0.717) is 0 Å². The van der Waals surface area contributed by atoms with Crippen molar-refractivity contribution in [1.82, 2.24) is 5.32 Å². The molecule has 118 valence electrons. The Morgan fingerprint density at radius 3 is 2.59 bits per heavy atom. The second-order valence-corrected chi connectivity index (χ2v) is 4.87. The summed E-state index contributed by atoms with van der Waals surface area (Å²) in [6.45, 7) is 3.56. The SMILES string of the molecule is C=CCOC(=O)[C@H](CC(N)=S)NC(=O)OCc1ccccc1. The molecule has 0 heterocycles. The number of thiocarbonyl (C=S) groups is 1. The van der Waals surface area contributed by atoms with Crippen LogP contribution in [0.25, 0.3) is 0 Å². The van der Waals surface area contributed by atoms with Gasteiger partial charge in [0, 0.05) is 6.42 Å². The molecular weight excluding hydrogens is 304 g/mol. The van der Waals surface area contributed by atoms with Crippen molar-refractivity contribution in [1.29, 1.82) is 0 Å². The molecule has 0 aliphatic heterocycles. The first-order chi connectivity index (χ1) is 10.5. The molecule has 1 amide bonds. The first-order valence-electron chi connectivity index (χ1n) is 6.56. The Morgan fingerprint density at radius 1 is 1.32 bits per heavy atom. The highest BCUT2D eigenvalue weighted by molar-refractivity contribution is 7.80. The van der Waals surface area contributed by atoms with Gasteiger partial charge in [0.05, 0.1) is 4.99 Å². The summed E-state index contributed by atoms with van der Waals surface area (Å²) in [6.07, 6.45) is 0.663. The van der Waals surface area contributed by atoms with Crippen LogP contribution < -0.4 is 11.1 Å². The van der Waals surface area contributed by atoms with E-state index in [1.807, 2.05) is 30.3 Å². The second kappa shape index (κ2) is 9.51. The van der Waals surface area contributed by atoms with Crippen LogP contribution >= 0.6 is 12.2 Å². The number of carbonyl (C=O) groups excluding carboxylic acids is 2. The van der Waals surface area contributed by atoms with Crippen LogP contribution in [-0.2, 0) is 20.9 Å². The van der Waals surface area contributed by atoms with Crippen LogP contribution in [0.4, 0.5) is 4.79 Å². The quantitative estimate of drug-likeness (QED) is 0.430. The number of benzene rings is 1. The summed E-state index contributed by atoms with van der Waals surface area (Å²) in [5, 5.41) is 2.39. The van der Waals surface area contributed by atoms with Crippen molar-refractivity contribution in [2.45, 2.75) is 19.1 Å². The van der Waals surface area contributed by atoms with Crippen molar-refractivity contribution < 1.29 is 19.1 Å². The third kappa shape index (κ3) is 6.85. The standard InChI is InChI=1S/C15H18N2O4S/c1-2-8-20-14(18)12(9-13(16)22)17-15(19)21-10-11-6-4-3-5-7-11/h2-7,12H,1,8-10H2,(H2,16,22)(H,17,19)/t12-/m0/s1. The maximum Gasteiger partial charge on any atom is 0.408 e. The predicted molar refractivity (Wildman–Crippen MR) is 86.1 cm³/mol. The number of nitrogens with one attached hydrogen (secondary N) is 1. The summed E-state index contributed by atoms with van der Waals surface area (Å²) in [6, 6.07) is 8.17. The van der Waals surface area contributed by atoms with Crippen LogP contribution in [0.5, 0.6) is 0 Å². The van der Waals surface area contributed by atoms with Crippen molar-refractivity contribution in [3.8, 4) is 0 Å². The van der Waals surface area contributed by atoms with E-state index < -0.39 is 18.1 Å². The predicted octanol–water partition coefficient (Wildman–Crippen LogP) is 1.69. The molecule has 0 bridgehead atoms. The summed E-state index contributed by atoms with van der Waals surface area (Å²) >= 11 is 4.76. The molecule has 3 N–H and O–H groups in total. The average molecular weight is 322 g/mol. The number of esters is 1. The van der Waals surface area contributed by atoms with E-state index in [1.54, 1.807) is 0 Å². The van der Waals surface area contributed by atoms with Gasteiger partial charge >= 0.3 is 12.1 Å². The molecule has 0 fully saturated rings. The lowest BCUT2D eigenvalue weighted by Crippen LogP contribution is -2.44. The third-order valence-corrected chi connectivity index (χ3v) is 2.70. The number of rotatable bonds is 8. The highest BCUT2D eigenvalue weighted by Gasteiger charge is 2.23. The lowest BCUT2D eigenvalue weighted by molar-refractivity contribution is -0.144. The van der Waals surface area contributed by atoms with Gasteiger partial charge in [0.1, 0.15) is 19.3 Å². The van der Waals surface area contributed by atoms with Gasteiger partial charge in [-0.25, -0.2) is 9.59 Å². The molecule has 0 spiro atoms. The molecule has 0 aromatic heterocycles. The minimum absolute atomic E-state index is 0.00819. The van der Waals surface area contributed by atoms with Gasteiger partial charge in [-0.15, -0.1) is 0 Å². The molecule has 1 rings (SSSR count). The van der Waals surface area contributed by atoms with Crippen molar-refractivity contribution >= 4 is 29.3 Å². The number of nitrogens with two attached hydrogens (primary N) is 1. The largest absolute Gasteiger partial charge is 0.460 e. The average Bonchev–Trinajstić information content (AvgIpc) is 2.50. The zero-order chi connectivity index (χ0) is 16.4. The fourth-order valence-electron chi connectivity index (χ4n) is 1.54. The monoisotopic (exact) mass is 322 g/mol. The van der Waals surface area contributed by atoms with Crippen LogP contribution in [0.3, 0.4) is 0 Å². The Bertz CT molecular complexity index is 534. The first kappa shape index (κ1) is 17.6. The lowest BCUT2D eigenvalue weighted by atomic mass is 10.2. The molecule has 0 radical (unpaired) electrons. The van der Waals surface area contributed by atoms with Gasteiger partial charge in [0.2, 0.25) is 0 Å². The molecule has 0 aliphatic carbocycles. The molecule has 7 heteroatoms. The molecule has 6 nitrogen and oxygen atoms in total.